The Bertz CT molecular complexity index is 1220. The molecule has 0 saturated heterocycles. The van der Waals surface area contributed by atoms with Gasteiger partial charge in [0.05, 0.1) is 30.8 Å². The molecule has 8 heteroatoms. The third kappa shape index (κ3) is 4.76. The van der Waals surface area contributed by atoms with Crippen LogP contribution in [0.15, 0.2) is 49.2 Å². The summed E-state index contributed by atoms with van der Waals surface area (Å²) in [6.45, 7) is 2.46. The third-order valence-corrected chi connectivity index (χ3v) is 6.88. The fourth-order valence-corrected chi connectivity index (χ4v) is 4.89. The minimum absolute atomic E-state index is 0.165. The Balaban J connectivity index is 1.83. The van der Waals surface area contributed by atoms with Gasteiger partial charge in [-0.3, -0.25) is 4.79 Å². The number of fused-ring (bicyclic) bond motifs is 1. The largest absolute Gasteiger partial charge is 0.493 e. The molecule has 0 N–H and O–H groups in total. The summed E-state index contributed by atoms with van der Waals surface area (Å²) >= 11 is 7.04. The summed E-state index contributed by atoms with van der Waals surface area (Å²) in [5, 5.41) is 5.16. The van der Waals surface area contributed by atoms with Crippen LogP contribution in [0.3, 0.4) is 0 Å². The van der Waals surface area contributed by atoms with E-state index in [4.69, 9.17) is 14.5 Å². The van der Waals surface area contributed by atoms with E-state index in [0.29, 0.717) is 29.0 Å². The van der Waals surface area contributed by atoms with Gasteiger partial charge < -0.3 is 9.47 Å². The van der Waals surface area contributed by atoms with Crippen molar-refractivity contribution < 1.29 is 9.47 Å². The Hall–Kier alpha value is -2.19. The lowest BCUT2D eigenvalue weighted by Crippen LogP contribution is -2.25. The van der Waals surface area contributed by atoms with Gasteiger partial charge in [-0.25, -0.2) is 4.98 Å². The minimum atomic E-state index is -0.165. The topological polar surface area (TPSA) is 65.7 Å². The van der Waals surface area contributed by atoms with Gasteiger partial charge in [0.2, 0.25) is 0 Å². The summed E-state index contributed by atoms with van der Waals surface area (Å²) in [6, 6.07) is 9.29. The molecule has 168 valence electrons. The number of halogens is 2. The molecule has 1 aliphatic rings. The van der Waals surface area contributed by atoms with Crippen molar-refractivity contribution >= 4 is 49.0 Å². The molecule has 0 amide bonds. The zero-order valence-electron chi connectivity index (χ0n) is 18.1. The maximum absolute atomic E-state index is 13.4. The minimum Gasteiger partial charge on any atom is -0.493 e. The first kappa shape index (κ1) is 23.0. The van der Waals surface area contributed by atoms with E-state index in [2.05, 4.69) is 37.0 Å². The molecule has 1 aliphatic carbocycles. The van der Waals surface area contributed by atoms with Crippen LogP contribution in [0.4, 0.5) is 0 Å². The van der Waals surface area contributed by atoms with Crippen molar-refractivity contribution in [3.8, 4) is 11.5 Å². The summed E-state index contributed by atoms with van der Waals surface area (Å²) in [5.41, 5.74) is 1.32. The average Bonchev–Trinajstić information content (AvgIpc) is 2.80. The van der Waals surface area contributed by atoms with E-state index in [0.717, 1.165) is 46.0 Å². The van der Waals surface area contributed by atoms with Crippen molar-refractivity contribution in [3.05, 3.63) is 61.0 Å². The molecular formula is C24H25Br2N3O3. The van der Waals surface area contributed by atoms with Crippen LogP contribution in [-0.4, -0.2) is 29.6 Å². The Morgan fingerprint density at radius 2 is 1.94 bits per heavy atom. The molecule has 0 radical (unpaired) electrons. The van der Waals surface area contributed by atoms with Crippen molar-refractivity contribution in [1.29, 1.82) is 0 Å². The molecule has 0 spiro atoms. The van der Waals surface area contributed by atoms with Crippen molar-refractivity contribution in [3.63, 3.8) is 0 Å². The highest BCUT2D eigenvalue weighted by Crippen LogP contribution is 2.34. The lowest BCUT2D eigenvalue weighted by molar-refractivity contribution is 0.310. The maximum Gasteiger partial charge on any atom is 0.282 e. The molecule has 1 fully saturated rings. The van der Waals surface area contributed by atoms with E-state index in [1.165, 1.54) is 11.1 Å². The first-order valence-corrected chi connectivity index (χ1v) is 12.4. The summed E-state index contributed by atoms with van der Waals surface area (Å²) < 4.78 is 14.2. The van der Waals surface area contributed by atoms with Gasteiger partial charge in [-0.1, -0.05) is 35.2 Å². The third-order valence-electron chi connectivity index (χ3n) is 5.70. The second-order valence-corrected chi connectivity index (χ2v) is 9.56. The number of nitrogens with zero attached hydrogens (tertiary/aromatic N) is 3. The molecule has 0 aliphatic heterocycles. The standard InChI is InChI=1S/C24H25Br2N3O3/c1-3-32-22-13-19(26)16(11-21(22)31-2)14-27-29-23(15-7-5-4-6-8-15)28-20-10-9-17(25)12-18(20)24(29)30/h9-15H,3-8H2,1-2H3. The van der Waals surface area contributed by atoms with E-state index in [1.807, 2.05) is 31.2 Å². The van der Waals surface area contributed by atoms with Crippen molar-refractivity contribution in [1.82, 2.24) is 9.66 Å². The van der Waals surface area contributed by atoms with Crippen LogP contribution < -0.4 is 15.0 Å². The monoisotopic (exact) mass is 561 g/mol. The van der Waals surface area contributed by atoms with Crippen LogP contribution >= 0.6 is 31.9 Å². The Morgan fingerprint density at radius 3 is 2.66 bits per heavy atom. The molecule has 3 aromatic rings. The Labute approximate surface area is 203 Å². The number of aromatic nitrogens is 2. The number of methoxy groups -OCH3 is 1. The number of hydrogen-bond acceptors (Lipinski definition) is 5. The van der Waals surface area contributed by atoms with Crippen LogP contribution in [0.5, 0.6) is 11.5 Å². The van der Waals surface area contributed by atoms with Gasteiger partial charge in [-0.05, 0) is 66.0 Å². The predicted octanol–water partition coefficient (Wildman–Crippen LogP) is 6.26. The molecule has 0 bridgehead atoms. The first-order chi connectivity index (χ1) is 15.5. The van der Waals surface area contributed by atoms with Crippen LogP contribution in [0, 0.1) is 0 Å². The van der Waals surface area contributed by atoms with Gasteiger partial charge in [0.1, 0.15) is 5.82 Å². The average molecular weight is 563 g/mol. The van der Waals surface area contributed by atoms with E-state index in [-0.39, 0.29) is 11.5 Å². The van der Waals surface area contributed by atoms with E-state index < -0.39 is 0 Å². The zero-order chi connectivity index (χ0) is 22.7. The molecule has 1 saturated carbocycles. The quantitative estimate of drug-likeness (QED) is 0.333. The number of hydrogen-bond donors (Lipinski definition) is 0. The number of rotatable bonds is 6. The van der Waals surface area contributed by atoms with Crippen molar-refractivity contribution in [2.75, 3.05) is 13.7 Å². The van der Waals surface area contributed by atoms with Gasteiger partial charge in [0.25, 0.3) is 5.56 Å². The van der Waals surface area contributed by atoms with Gasteiger partial charge in [-0.15, -0.1) is 0 Å². The summed E-state index contributed by atoms with van der Waals surface area (Å²) in [5.74, 6) is 2.21. The molecule has 6 nitrogen and oxygen atoms in total. The molecule has 32 heavy (non-hydrogen) atoms. The van der Waals surface area contributed by atoms with Gasteiger partial charge in [0.15, 0.2) is 11.5 Å². The van der Waals surface area contributed by atoms with Crippen molar-refractivity contribution in [2.45, 2.75) is 44.9 Å². The molecule has 4 rings (SSSR count). The van der Waals surface area contributed by atoms with E-state index in [9.17, 15) is 4.79 Å². The smallest absolute Gasteiger partial charge is 0.282 e. The van der Waals surface area contributed by atoms with E-state index >= 15 is 0 Å². The molecule has 1 aromatic heterocycles. The fraction of sp³-hybridized carbons (Fsp3) is 0.375. The van der Waals surface area contributed by atoms with Crippen LogP contribution in [0.25, 0.3) is 10.9 Å². The highest BCUT2D eigenvalue weighted by atomic mass is 79.9. The summed E-state index contributed by atoms with van der Waals surface area (Å²) in [6.07, 6.45) is 7.22. The second kappa shape index (κ2) is 10.2. The number of benzene rings is 2. The zero-order valence-corrected chi connectivity index (χ0v) is 21.3. The van der Waals surface area contributed by atoms with Gasteiger partial charge >= 0.3 is 0 Å². The SMILES string of the molecule is CCOc1cc(Br)c(C=Nn2c(C3CCCCC3)nc3ccc(Br)cc3c2=O)cc1OC. The Kier molecular flexibility index (Phi) is 7.30. The molecule has 0 unspecified atom stereocenters. The van der Waals surface area contributed by atoms with Crippen molar-refractivity contribution in [2.24, 2.45) is 5.10 Å². The first-order valence-electron chi connectivity index (χ1n) is 10.8. The van der Waals surface area contributed by atoms with Crippen LogP contribution in [-0.2, 0) is 0 Å². The lowest BCUT2D eigenvalue weighted by atomic mass is 9.88. The molecule has 1 heterocycles. The maximum atomic E-state index is 13.4. The van der Waals surface area contributed by atoms with Crippen LogP contribution in [0.2, 0.25) is 0 Å². The fourth-order valence-electron chi connectivity index (χ4n) is 4.10. The normalized spacial score (nSPS) is 14.9. The highest BCUT2D eigenvalue weighted by Gasteiger charge is 2.22. The summed E-state index contributed by atoms with van der Waals surface area (Å²) in [4.78, 5) is 18.3. The highest BCUT2D eigenvalue weighted by molar-refractivity contribution is 9.10. The summed E-state index contributed by atoms with van der Waals surface area (Å²) in [7, 11) is 1.60. The molecule has 0 atom stereocenters. The molecular weight excluding hydrogens is 538 g/mol. The van der Waals surface area contributed by atoms with Gasteiger partial charge in [0, 0.05) is 20.4 Å². The molecule has 2 aromatic carbocycles. The lowest BCUT2D eigenvalue weighted by Gasteiger charge is -2.22. The van der Waals surface area contributed by atoms with E-state index in [1.54, 1.807) is 19.4 Å². The Morgan fingerprint density at radius 1 is 1.16 bits per heavy atom. The predicted molar refractivity (Wildman–Crippen MR) is 134 cm³/mol. The van der Waals surface area contributed by atoms with Crippen LogP contribution in [0.1, 0.15) is 56.3 Å². The number of ether oxygens (including phenoxy) is 2. The van der Waals surface area contributed by atoms with Gasteiger partial charge in [-0.2, -0.15) is 9.78 Å². The second-order valence-electron chi connectivity index (χ2n) is 7.79.